The van der Waals surface area contributed by atoms with Crippen LogP contribution in [0.4, 0.5) is 15.8 Å². The van der Waals surface area contributed by atoms with Crippen LogP contribution in [0.1, 0.15) is 25.7 Å². The minimum absolute atomic E-state index is 0.0402. The van der Waals surface area contributed by atoms with Gasteiger partial charge in [-0.15, -0.1) is 0 Å². The summed E-state index contributed by atoms with van der Waals surface area (Å²) >= 11 is 0. The zero-order valence-corrected chi connectivity index (χ0v) is 13.0. The van der Waals surface area contributed by atoms with Crippen molar-refractivity contribution >= 4 is 21.4 Å². The SMILES string of the molecule is COC1CCCC(Nc2ccc(F)c(NS(C)(=O)=O)c2)C1. The van der Waals surface area contributed by atoms with Crippen molar-refractivity contribution < 1.29 is 17.5 Å². The molecule has 2 unspecified atom stereocenters. The van der Waals surface area contributed by atoms with Gasteiger partial charge in [0.1, 0.15) is 5.82 Å². The lowest BCUT2D eigenvalue weighted by atomic mass is 9.92. The maximum Gasteiger partial charge on any atom is 0.229 e. The van der Waals surface area contributed by atoms with Crippen molar-refractivity contribution in [2.24, 2.45) is 0 Å². The Bertz CT molecular complexity index is 592. The number of rotatable bonds is 5. The maximum atomic E-state index is 13.6. The average molecular weight is 316 g/mol. The zero-order valence-electron chi connectivity index (χ0n) is 12.2. The lowest BCUT2D eigenvalue weighted by molar-refractivity contribution is 0.0669. The van der Waals surface area contributed by atoms with Crippen LogP contribution in [-0.2, 0) is 14.8 Å². The van der Waals surface area contributed by atoms with Crippen LogP contribution in [0.2, 0.25) is 0 Å². The molecular weight excluding hydrogens is 295 g/mol. The van der Waals surface area contributed by atoms with Crippen LogP contribution in [0.15, 0.2) is 18.2 Å². The molecule has 1 aromatic carbocycles. The summed E-state index contributed by atoms with van der Waals surface area (Å²) in [4.78, 5) is 0. The third-order valence-corrected chi connectivity index (χ3v) is 4.18. The van der Waals surface area contributed by atoms with Gasteiger partial charge in [0.25, 0.3) is 0 Å². The highest BCUT2D eigenvalue weighted by molar-refractivity contribution is 7.92. The van der Waals surface area contributed by atoms with Crippen molar-refractivity contribution in [3.8, 4) is 0 Å². The van der Waals surface area contributed by atoms with Crippen LogP contribution in [0.3, 0.4) is 0 Å². The van der Waals surface area contributed by atoms with Crippen LogP contribution in [0.5, 0.6) is 0 Å². The Hall–Kier alpha value is -1.34. The Kier molecular flexibility index (Phi) is 5.05. The third kappa shape index (κ3) is 4.86. The Morgan fingerprint density at radius 1 is 1.33 bits per heavy atom. The van der Waals surface area contributed by atoms with Gasteiger partial charge in [-0.05, 0) is 43.9 Å². The number of ether oxygens (including phenoxy) is 1. The normalized spacial score (nSPS) is 22.8. The van der Waals surface area contributed by atoms with Crippen molar-refractivity contribution in [1.29, 1.82) is 0 Å². The fourth-order valence-electron chi connectivity index (χ4n) is 2.62. The van der Waals surface area contributed by atoms with Crippen molar-refractivity contribution in [3.63, 3.8) is 0 Å². The molecular formula is C14H21FN2O3S. The largest absolute Gasteiger partial charge is 0.382 e. The molecule has 1 fully saturated rings. The van der Waals surface area contributed by atoms with Gasteiger partial charge in [-0.3, -0.25) is 4.72 Å². The fourth-order valence-corrected chi connectivity index (χ4v) is 3.17. The second kappa shape index (κ2) is 6.62. The van der Waals surface area contributed by atoms with E-state index in [1.807, 2.05) is 0 Å². The number of halogens is 1. The minimum atomic E-state index is -3.50. The van der Waals surface area contributed by atoms with Crippen molar-refractivity contribution in [2.45, 2.75) is 37.8 Å². The molecule has 0 aliphatic heterocycles. The molecule has 21 heavy (non-hydrogen) atoms. The maximum absolute atomic E-state index is 13.6. The summed E-state index contributed by atoms with van der Waals surface area (Å²) in [5, 5.41) is 3.32. The average Bonchev–Trinajstić information content (AvgIpc) is 2.41. The van der Waals surface area contributed by atoms with Gasteiger partial charge in [-0.2, -0.15) is 0 Å². The standard InChI is InChI=1S/C14H21FN2O3S/c1-20-12-5-3-4-10(8-12)16-11-6-7-13(15)14(9-11)17-21(2,18)19/h6-7,9-10,12,16-17H,3-5,8H2,1-2H3. The quantitative estimate of drug-likeness (QED) is 0.876. The van der Waals surface area contributed by atoms with Gasteiger partial charge in [0.05, 0.1) is 18.0 Å². The highest BCUT2D eigenvalue weighted by Gasteiger charge is 2.21. The fraction of sp³-hybridized carbons (Fsp3) is 0.571. The summed E-state index contributed by atoms with van der Waals surface area (Å²) in [7, 11) is -1.79. The second-order valence-corrected chi connectivity index (χ2v) is 7.18. The summed E-state index contributed by atoms with van der Waals surface area (Å²) in [5.74, 6) is -0.593. The summed E-state index contributed by atoms with van der Waals surface area (Å²) in [6.07, 6.45) is 5.28. The summed E-state index contributed by atoms with van der Waals surface area (Å²) in [5.41, 5.74) is 0.658. The van der Waals surface area contributed by atoms with E-state index in [9.17, 15) is 12.8 Å². The smallest absolute Gasteiger partial charge is 0.229 e. The number of nitrogens with one attached hydrogen (secondary N) is 2. The van der Waals surface area contributed by atoms with E-state index in [1.165, 1.54) is 12.1 Å². The van der Waals surface area contributed by atoms with E-state index in [-0.39, 0.29) is 17.8 Å². The first-order valence-electron chi connectivity index (χ1n) is 6.94. The molecule has 0 heterocycles. The molecule has 0 bridgehead atoms. The molecule has 0 radical (unpaired) electrons. The van der Waals surface area contributed by atoms with Crippen LogP contribution >= 0.6 is 0 Å². The Balaban J connectivity index is 2.08. The summed E-state index contributed by atoms with van der Waals surface area (Å²) in [6.45, 7) is 0. The summed E-state index contributed by atoms with van der Waals surface area (Å²) < 4.78 is 43.6. The molecule has 118 valence electrons. The summed E-state index contributed by atoms with van der Waals surface area (Å²) in [6, 6.07) is 4.60. The Labute approximate surface area is 124 Å². The molecule has 7 heteroatoms. The number of benzene rings is 1. The highest BCUT2D eigenvalue weighted by atomic mass is 32.2. The molecule has 2 N–H and O–H groups in total. The topological polar surface area (TPSA) is 67.4 Å². The van der Waals surface area contributed by atoms with Gasteiger partial charge in [0, 0.05) is 18.8 Å². The molecule has 0 spiro atoms. The van der Waals surface area contributed by atoms with Crippen molar-refractivity contribution in [2.75, 3.05) is 23.4 Å². The van der Waals surface area contributed by atoms with Crippen LogP contribution in [0.25, 0.3) is 0 Å². The molecule has 0 amide bonds. The van der Waals surface area contributed by atoms with Crippen LogP contribution < -0.4 is 10.0 Å². The molecule has 0 saturated heterocycles. The van der Waals surface area contributed by atoms with Crippen molar-refractivity contribution in [3.05, 3.63) is 24.0 Å². The molecule has 1 aromatic rings. The molecule has 2 rings (SSSR count). The van der Waals surface area contributed by atoms with E-state index in [2.05, 4.69) is 10.0 Å². The minimum Gasteiger partial charge on any atom is -0.382 e. The first kappa shape index (κ1) is 16.0. The van der Waals surface area contributed by atoms with Crippen molar-refractivity contribution in [1.82, 2.24) is 0 Å². The van der Waals surface area contributed by atoms with Gasteiger partial charge in [-0.1, -0.05) is 0 Å². The van der Waals surface area contributed by atoms with E-state index in [0.717, 1.165) is 31.9 Å². The van der Waals surface area contributed by atoms with Gasteiger partial charge < -0.3 is 10.1 Å². The van der Waals surface area contributed by atoms with E-state index in [0.29, 0.717) is 5.69 Å². The third-order valence-electron chi connectivity index (χ3n) is 3.59. The molecule has 1 aliphatic carbocycles. The first-order chi connectivity index (χ1) is 9.87. The van der Waals surface area contributed by atoms with Gasteiger partial charge >= 0.3 is 0 Å². The Morgan fingerprint density at radius 2 is 2.10 bits per heavy atom. The monoisotopic (exact) mass is 316 g/mol. The molecule has 2 atom stereocenters. The second-order valence-electron chi connectivity index (χ2n) is 5.43. The zero-order chi connectivity index (χ0) is 15.5. The molecule has 0 aromatic heterocycles. The van der Waals surface area contributed by atoms with E-state index in [4.69, 9.17) is 4.74 Å². The van der Waals surface area contributed by atoms with Gasteiger partial charge in [0.15, 0.2) is 0 Å². The lowest BCUT2D eigenvalue weighted by Gasteiger charge is -2.29. The van der Waals surface area contributed by atoms with Crippen LogP contribution in [-0.4, -0.2) is 33.9 Å². The lowest BCUT2D eigenvalue weighted by Crippen LogP contribution is -2.31. The number of anilines is 2. The molecule has 1 saturated carbocycles. The highest BCUT2D eigenvalue weighted by Crippen LogP contribution is 2.26. The van der Waals surface area contributed by atoms with Crippen LogP contribution in [0, 0.1) is 5.82 Å². The first-order valence-corrected chi connectivity index (χ1v) is 8.83. The molecule has 5 nitrogen and oxygen atoms in total. The van der Waals surface area contributed by atoms with E-state index < -0.39 is 15.8 Å². The number of hydrogen-bond acceptors (Lipinski definition) is 4. The van der Waals surface area contributed by atoms with Gasteiger partial charge in [-0.25, -0.2) is 12.8 Å². The van der Waals surface area contributed by atoms with E-state index >= 15 is 0 Å². The Morgan fingerprint density at radius 3 is 2.76 bits per heavy atom. The predicted molar refractivity (Wildman–Crippen MR) is 81.5 cm³/mol. The van der Waals surface area contributed by atoms with Gasteiger partial charge in [0.2, 0.25) is 10.0 Å². The predicted octanol–water partition coefficient (Wildman–Crippen LogP) is 2.57. The number of methoxy groups -OCH3 is 1. The van der Waals surface area contributed by atoms with E-state index in [1.54, 1.807) is 13.2 Å². The number of hydrogen-bond donors (Lipinski definition) is 2. The number of sulfonamides is 1. The molecule has 1 aliphatic rings.